The fraction of sp³-hybridized carbons (Fsp3) is 0.636. The van der Waals surface area contributed by atoms with Gasteiger partial charge in [-0.05, 0) is 0 Å². The van der Waals surface area contributed by atoms with E-state index in [1.807, 2.05) is 0 Å². The standard InChI is InChI=1S/C10H9.3C4H9.Sn/c1-8-6-9-4-2-3-5-10(9)7-8;3*1-3-4-2;/h2-7H,1H3;3*1,3-4H2,2H3;. The van der Waals surface area contributed by atoms with E-state index in [4.69, 9.17) is 0 Å². The van der Waals surface area contributed by atoms with Crippen LogP contribution in [-0.2, 0) is 0 Å². The van der Waals surface area contributed by atoms with Crippen LogP contribution in [0, 0.1) is 0 Å². The monoisotopic (exact) mass is 420 g/mol. The molecule has 0 amide bonds. The topological polar surface area (TPSA) is 0 Å². The number of hydrogen-bond acceptors (Lipinski definition) is 0. The summed E-state index contributed by atoms with van der Waals surface area (Å²) in [4.78, 5) is 0. The Balaban J connectivity index is 2.39. The molecule has 1 aliphatic rings. The second-order valence-corrected chi connectivity index (χ2v) is 21.3. The Kier molecular flexibility index (Phi) is 7.72. The molecule has 0 saturated heterocycles. The minimum atomic E-state index is -2.22. The van der Waals surface area contributed by atoms with Gasteiger partial charge in [-0.1, -0.05) is 0 Å². The van der Waals surface area contributed by atoms with Crippen molar-refractivity contribution in [1.29, 1.82) is 0 Å². The maximum atomic E-state index is 2.51. The molecule has 0 aromatic heterocycles. The first-order valence-corrected chi connectivity index (χ1v) is 17.7. The van der Waals surface area contributed by atoms with Crippen LogP contribution in [-0.4, -0.2) is 18.4 Å². The van der Waals surface area contributed by atoms with Crippen molar-refractivity contribution in [1.82, 2.24) is 0 Å². The van der Waals surface area contributed by atoms with Crippen molar-refractivity contribution in [3.63, 3.8) is 0 Å². The molecule has 1 heteroatoms. The second kappa shape index (κ2) is 9.30. The molecule has 23 heavy (non-hydrogen) atoms. The molecule has 0 heterocycles. The van der Waals surface area contributed by atoms with Gasteiger partial charge in [0.05, 0.1) is 0 Å². The molecule has 1 atom stereocenters. The Morgan fingerprint density at radius 2 is 1.35 bits per heavy atom. The van der Waals surface area contributed by atoms with Gasteiger partial charge in [-0.3, -0.25) is 0 Å². The van der Waals surface area contributed by atoms with Gasteiger partial charge in [0.2, 0.25) is 0 Å². The number of benzene rings is 1. The third-order valence-electron chi connectivity index (χ3n) is 5.84. The number of fused-ring (bicyclic) bond motifs is 1. The molecule has 1 unspecified atom stereocenters. The van der Waals surface area contributed by atoms with Gasteiger partial charge >= 0.3 is 149 Å². The molecule has 128 valence electrons. The van der Waals surface area contributed by atoms with Crippen LogP contribution in [0.25, 0.3) is 6.08 Å². The normalized spacial score (nSPS) is 17.2. The van der Waals surface area contributed by atoms with E-state index in [9.17, 15) is 0 Å². The van der Waals surface area contributed by atoms with E-state index in [-0.39, 0.29) is 0 Å². The quantitative estimate of drug-likeness (QED) is 0.343. The summed E-state index contributed by atoms with van der Waals surface area (Å²) < 4.78 is 5.69. The molecule has 1 aromatic rings. The summed E-state index contributed by atoms with van der Waals surface area (Å²) in [6.45, 7) is 9.56. The Morgan fingerprint density at radius 3 is 1.87 bits per heavy atom. The predicted molar refractivity (Wildman–Crippen MR) is 108 cm³/mol. The van der Waals surface area contributed by atoms with Gasteiger partial charge in [-0.25, -0.2) is 0 Å². The average molecular weight is 419 g/mol. The molecule has 2 rings (SSSR count). The molecule has 0 radical (unpaired) electrons. The van der Waals surface area contributed by atoms with Crippen LogP contribution in [0.15, 0.2) is 29.8 Å². The Labute approximate surface area is 148 Å². The zero-order valence-electron chi connectivity index (χ0n) is 15.8. The van der Waals surface area contributed by atoms with Gasteiger partial charge in [0.1, 0.15) is 0 Å². The van der Waals surface area contributed by atoms with Crippen LogP contribution in [0.1, 0.15) is 81.3 Å². The van der Waals surface area contributed by atoms with Crippen molar-refractivity contribution in [3.05, 3.63) is 41.0 Å². The van der Waals surface area contributed by atoms with Crippen molar-refractivity contribution in [2.45, 2.75) is 83.5 Å². The summed E-state index contributed by atoms with van der Waals surface area (Å²) in [5, 5.41) is 0. The molecule has 0 N–H and O–H groups in total. The van der Waals surface area contributed by atoms with E-state index in [1.165, 1.54) is 44.1 Å². The van der Waals surface area contributed by atoms with Crippen molar-refractivity contribution in [2.75, 3.05) is 0 Å². The fourth-order valence-electron chi connectivity index (χ4n) is 4.69. The van der Waals surface area contributed by atoms with Crippen LogP contribution < -0.4 is 0 Å². The molecule has 1 aliphatic carbocycles. The SMILES string of the molecule is CCC[CH2][Sn]([CH2]CCC)([CH2]CCC)[CH]1C(C)=Cc2ccccc21. The van der Waals surface area contributed by atoms with E-state index in [2.05, 4.69) is 58.0 Å². The van der Waals surface area contributed by atoms with Crippen LogP contribution in [0.2, 0.25) is 13.3 Å². The van der Waals surface area contributed by atoms with Gasteiger partial charge in [0.25, 0.3) is 0 Å². The summed E-state index contributed by atoms with van der Waals surface area (Å²) in [6.07, 6.45) is 11.0. The van der Waals surface area contributed by atoms with Crippen molar-refractivity contribution in [2.24, 2.45) is 0 Å². The maximum absolute atomic E-state index is 2.51. The van der Waals surface area contributed by atoms with Crippen molar-refractivity contribution in [3.8, 4) is 0 Å². The zero-order chi connectivity index (χ0) is 16.7. The molecule has 0 saturated carbocycles. The number of hydrogen-bond donors (Lipinski definition) is 0. The van der Waals surface area contributed by atoms with E-state index < -0.39 is 18.4 Å². The average Bonchev–Trinajstić information content (AvgIpc) is 2.91. The first-order chi connectivity index (χ1) is 11.2. The number of unbranched alkanes of at least 4 members (excludes halogenated alkanes) is 3. The summed E-state index contributed by atoms with van der Waals surface area (Å²) in [5.74, 6) is 0. The number of rotatable bonds is 10. The zero-order valence-corrected chi connectivity index (χ0v) is 18.7. The Hall–Kier alpha value is -0.241. The summed E-state index contributed by atoms with van der Waals surface area (Å²) >= 11 is -2.22. The second-order valence-electron chi connectivity index (χ2n) is 7.62. The van der Waals surface area contributed by atoms with Gasteiger partial charge in [0.15, 0.2) is 0 Å². The third-order valence-corrected chi connectivity index (χ3v) is 23.1. The molecule has 0 aliphatic heterocycles. The number of allylic oxidation sites excluding steroid dienone is 1. The van der Waals surface area contributed by atoms with Crippen molar-refractivity contribution >= 4 is 24.5 Å². The first-order valence-electron chi connectivity index (χ1n) is 9.95. The fourth-order valence-corrected chi connectivity index (χ4v) is 24.0. The van der Waals surface area contributed by atoms with Crippen LogP contribution in [0.4, 0.5) is 0 Å². The van der Waals surface area contributed by atoms with Crippen LogP contribution >= 0.6 is 0 Å². The van der Waals surface area contributed by atoms with Crippen LogP contribution in [0.5, 0.6) is 0 Å². The van der Waals surface area contributed by atoms with E-state index in [0.29, 0.717) is 0 Å². The predicted octanol–water partition coefficient (Wildman–Crippen LogP) is 7.58. The van der Waals surface area contributed by atoms with Crippen LogP contribution in [0.3, 0.4) is 0 Å². The molecule has 0 nitrogen and oxygen atoms in total. The van der Waals surface area contributed by atoms with E-state index >= 15 is 0 Å². The molecule has 0 spiro atoms. The van der Waals surface area contributed by atoms with E-state index in [1.54, 1.807) is 24.4 Å². The van der Waals surface area contributed by atoms with E-state index in [0.717, 1.165) is 3.93 Å². The molecule has 1 aromatic carbocycles. The van der Waals surface area contributed by atoms with Gasteiger partial charge in [0, 0.05) is 0 Å². The van der Waals surface area contributed by atoms with Gasteiger partial charge in [-0.2, -0.15) is 0 Å². The molecular weight excluding hydrogens is 383 g/mol. The summed E-state index contributed by atoms with van der Waals surface area (Å²) in [5.41, 5.74) is 4.93. The van der Waals surface area contributed by atoms with Gasteiger partial charge < -0.3 is 0 Å². The summed E-state index contributed by atoms with van der Waals surface area (Å²) in [7, 11) is 0. The molecule has 0 bridgehead atoms. The van der Waals surface area contributed by atoms with Crippen molar-refractivity contribution < 1.29 is 0 Å². The first kappa shape index (κ1) is 19.1. The Morgan fingerprint density at radius 1 is 0.826 bits per heavy atom. The minimum absolute atomic E-state index is 0.866. The van der Waals surface area contributed by atoms with Gasteiger partial charge in [-0.15, -0.1) is 0 Å². The summed E-state index contributed by atoms with van der Waals surface area (Å²) in [6, 6.07) is 9.28. The Bertz CT molecular complexity index is 493. The molecule has 0 fully saturated rings. The molecular formula is C22H36Sn. The third kappa shape index (κ3) is 4.44.